The van der Waals surface area contributed by atoms with Gasteiger partial charge in [-0.2, -0.15) is 0 Å². The molecule has 1 aromatic carbocycles. The first kappa shape index (κ1) is 18.2. The predicted molar refractivity (Wildman–Crippen MR) is 104 cm³/mol. The van der Waals surface area contributed by atoms with E-state index in [4.69, 9.17) is 4.74 Å². The molecule has 2 amide bonds. The monoisotopic (exact) mass is 368 g/mol. The number of rotatable bonds is 3. The summed E-state index contributed by atoms with van der Waals surface area (Å²) in [5, 5.41) is 0. The Morgan fingerprint density at radius 2 is 1.63 bits per heavy atom. The highest BCUT2D eigenvalue weighted by Gasteiger charge is 2.45. The van der Waals surface area contributed by atoms with Gasteiger partial charge in [0, 0.05) is 19.1 Å². The molecule has 1 aromatic rings. The smallest absolute Gasteiger partial charge is 0.278 e. The topological polar surface area (TPSA) is 49.9 Å². The van der Waals surface area contributed by atoms with Gasteiger partial charge in [-0.25, -0.2) is 0 Å². The molecule has 3 aliphatic rings. The van der Waals surface area contributed by atoms with E-state index in [0.29, 0.717) is 37.6 Å². The van der Waals surface area contributed by atoms with Gasteiger partial charge in [-0.15, -0.1) is 0 Å². The summed E-state index contributed by atoms with van der Waals surface area (Å²) in [4.78, 5) is 30.5. The third kappa shape index (κ3) is 3.29. The van der Waals surface area contributed by atoms with Gasteiger partial charge < -0.3 is 9.64 Å². The van der Waals surface area contributed by atoms with Crippen molar-refractivity contribution in [3.8, 4) is 0 Å². The first-order valence-corrected chi connectivity index (χ1v) is 10.1. The van der Waals surface area contributed by atoms with Crippen molar-refractivity contribution < 1.29 is 14.3 Å². The van der Waals surface area contributed by atoms with Crippen molar-refractivity contribution in [1.29, 1.82) is 0 Å². The Labute approximate surface area is 161 Å². The number of aryl methyl sites for hydroxylation is 2. The Balaban J connectivity index is 1.77. The highest BCUT2D eigenvalue weighted by Crippen LogP contribution is 2.36. The Hall–Kier alpha value is -2.14. The summed E-state index contributed by atoms with van der Waals surface area (Å²) in [5.41, 5.74) is 4.34. The summed E-state index contributed by atoms with van der Waals surface area (Å²) < 4.78 is 5.47. The lowest BCUT2D eigenvalue weighted by atomic mass is 9.94. The molecule has 0 atom stereocenters. The quantitative estimate of drug-likeness (QED) is 0.770. The number of nitrogens with zero attached hydrogens (tertiary/aromatic N) is 2. The van der Waals surface area contributed by atoms with Crippen LogP contribution < -0.4 is 0 Å². The standard InChI is InChI=1S/C22H28N2O3/c1-15-8-9-17(14-16(15)2)19-20(23-10-12-27-13-11-23)22(26)24(21(19)25)18-6-4-3-5-7-18/h8-9,14,18H,3-7,10-13H2,1-2H3. The van der Waals surface area contributed by atoms with E-state index in [9.17, 15) is 9.59 Å². The number of imide groups is 1. The first-order valence-electron chi connectivity index (χ1n) is 10.1. The zero-order chi connectivity index (χ0) is 19.0. The van der Waals surface area contributed by atoms with E-state index >= 15 is 0 Å². The highest BCUT2D eigenvalue weighted by atomic mass is 16.5. The van der Waals surface area contributed by atoms with Crippen LogP contribution in [0.2, 0.25) is 0 Å². The number of hydrogen-bond acceptors (Lipinski definition) is 4. The van der Waals surface area contributed by atoms with Gasteiger partial charge in [0.15, 0.2) is 0 Å². The lowest BCUT2D eigenvalue weighted by molar-refractivity contribution is -0.141. The lowest BCUT2D eigenvalue weighted by Crippen LogP contribution is -2.45. The molecule has 5 heteroatoms. The van der Waals surface area contributed by atoms with Crippen LogP contribution in [0.4, 0.5) is 0 Å². The van der Waals surface area contributed by atoms with Gasteiger partial charge in [0.2, 0.25) is 0 Å². The molecule has 27 heavy (non-hydrogen) atoms. The summed E-state index contributed by atoms with van der Waals surface area (Å²) >= 11 is 0. The van der Waals surface area contributed by atoms with Crippen LogP contribution in [0, 0.1) is 13.8 Å². The summed E-state index contributed by atoms with van der Waals surface area (Å²) in [7, 11) is 0. The van der Waals surface area contributed by atoms with Crippen molar-refractivity contribution in [3.05, 3.63) is 40.6 Å². The summed E-state index contributed by atoms with van der Waals surface area (Å²) in [6.45, 7) is 6.60. The molecule has 0 aromatic heterocycles. The van der Waals surface area contributed by atoms with E-state index in [1.807, 2.05) is 25.1 Å². The van der Waals surface area contributed by atoms with Crippen LogP contribution in [0.25, 0.3) is 5.57 Å². The largest absolute Gasteiger partial charge is 0.378 e. The zero-order valence-electron chi connectivity index (χ0n) is 16.3. The minimum Gasteiger partial charge on any atom is -0.378 e. The second-order valence-corrected chi connectivity index (χ2v) is 7.89. The van der Waals surface area contributed by atoms with Crippen molar-refractivity contribution in [2.75, 3.05) is 26.3 Å². The second-order valence-electron chi connectivity index (χ2n) is 7.89. The first-order chi connectivity index (χ1) is 13.1. The second kappa shape index (κ2) is 7.47. The number of hydrogen-bond donors (Lipinski definition) is 0. The predicted octanol–water partition coefficient (Wildman–Crippen LogP) is 3.05. The summed E-state index contributed by atoms with van der Waals surface area (Å²) in [6.07, 6.45) is 5.23. The van der Waals surface area contributed by atoms with Gasteiger partial charge in [0.1, 0.15) is 5.70 Å². The Morgan fingerprint density at radius 1 is 0.926 bits per heavy atom. The highest BCUT2D eigenvalue weighted by molar-refractivity contribution is 6.35. The molecule has 0 spiro atoms. The van der Waals surface area contributed by atoms with Gasteiger partial charge in [0.05, 0.1) is 18.8 Å². The number of carbonyl (C=O) groups excluding carboxylic acids is 2. The molecular formula is C22H28N2O3. The molecule has 0 N–H and O–H groups in total. The molecule has 2 heterocycles. The molecular weight excluding hydrogens is 340 g/mol. The maximum atomic E-state index is 13.5. The average molecular weight is 368 g/mol. The Bertz CT molecular complexity index is 787. The summed E-state index contributed by atoms with van der Waals surface area (Å²) in [6, 6.07) is 6.10. The van der Waals surface area contributed by atoms with E-state index in [0.717, 1.165) is 36.8 Å². The molecule has 0 unspecified atom stereocenters. The maximum absolute atomic E-state index is 13.5. The van der Waals surface area contributed by atoms with Crippen molar-refractivity contribution in [2.45, 2.75) is 52.0 Å². The SMILES string of the molecule is Cc1ccc(C2=C(N3CCOCC3)C(=O)N(C3CCCCC3)C2=O)cc1C. The van der Waals surface area contributed by atoms with E-state index < -0.39 is 0 Å². The fraction of sp³-hybridized carbons (Fsp3) is 0.545. The van der Waals surface area contributed by atoms with Crippen molar-refractivity contribution >= 4 is 17.4 Å². The fourth-order valence-electron chi connectivity index (χ4n) is 4.44. The van der Waals surface area contributed by atoms with Gasteiger partial charge in [-0.1, -0.05) is 37.5 Å². The van der Waals surface area contributed by atoms with E-state index in [2.05, 4.69) is 11.8 Å². The normalized spacial score (nSPS) is 22.1. The average Bonchev–Trinajstić information content (AvgIpc) is 2.95. The number of morpholine rings is 1. The van der Waals surface area contributed by atoms with Crippen LogP contribution in [0.1, 0.15) is 48.8 Å². The molecule has 2 aliphatic heterocycles. The van der Waals surface area contributed by atoms with Crippen LogP contribution in [0.15, 0.2) is 23.9 Å². The molecule has 1 saturated heterocycles. The Morgan fingerprint density at radius 3 is 2.30 bits per heavy atom. The molecule has 1 saturated carbocycles. The van der Waals surface area contributed by atoms with Crippen LogP contribution >= 0.6 is 0 Å². The van der Waals surface area contributed by atoms with Gasteiger partial charge in [-0.3, -0.25) is 14.5 Å². The molecule has 0 radical (unpaired) electrons. The van der Waals surface area contributed by atoms with E-state index in [1.54, 1.807) is 4.90 Å². The molecule has 1 aliphatic carbocycles. The van der Waals surface area contributed by atoms with Gasteiger partial charge in [-0.05, 0) is 43.4 Å². The van der Waals surface area contributed by atoms with E-state index in [-0.39, 0.29) is 17.9 Å². The Kier molecular flexibility index (Phi) is 5.04. The van der Waals surface area contributed by atoms with Gasteiger partial charge in [0.25, 0.3) is 11.8 Å². The van der Waals surface area contributed by atoms with Crippen molar-refractivity contribution in [3.63, 3.8) is 0 Å². The van der Waals surface area contributed by atoms with Crippen molar-refractivity contribution in [2.24, 2.45) is 0 Å². The number of ether oxygens (including phenoxy) is 1. The lowest BCUT2D eigenvalue weighted by Gasteiger charge is -2.32. The molecule has 144 valence electrons. The zero-order valence-corrected chi connectivity index (χ0v) is 16.3. The molecule has 4 rings (SSSR count). The third-order valence-corrected chi connectivity index (χ3v) is 6.15. The number of amides is 2. The van der Waals surface area contributed by atoms with Crippen molar-refractivity contribution in [1.82, 2.24) is 9.80 Å². The van der Waals surface area contributed by atoms with Gasteiger partial charge >= 0.3 is 0 Å². The van der Waals surface area contributed by atoms with Crippen LogP contribution in [0.3, 0.4) is 0 Å². The molecule has 2 fully saturated rings. The van der Waals surface area contributed by atoms with Crippen LogP contribution in [-0.2, 0) is 14.3 Å². The molecule has 5 nitrogen and oxygen atoms in total. The number of benzene rings is 1. The maximum Gasteiger partial charge on any atom is 0.278 e. The van der Waals surface area contributed by atoms with Crippen LogP contribution in [0.5, 0.6) is 0 Å². The van der Waals surface area contributed by atoms with E-state index in [1.165, 1.54) is 12.0 Å². The van der Waals surface area contributed by atoms with Crippen LogP contribution in [-0.4, -0.2) is 54.0 Å². The minimum absolute atomic E-state index is 0.0406. The third-order valence-electron chi connectivity index (χ3n) is 6.15. The molecule has 0 bridgehead atoms. The number of carbonyl (C=O) groups is 2. The minimum atomic E-state index is -0.114. The fourth-order valence-corrected chi connectivity index (χ4v) is 4.44. The summed E-state index contributed by atoms with van der Waals surface area (Å²) in [5.74, 6) is -0.223.